The summed E-state index contributed by atoms with van der Waals surface area (Å²) in [5.74, 6) is -0.0320. The van der Waals surface area contributed by atoms with E-state index in [-0.39, 0.29) is 21.5 Å². The maximum Gasteiger partial charge on any atom is 0.234 e. The first kappa shape index (κ1) is 17.0. The molecule has 0 radical (unpaired) electrons. The van der Waals surface area contributed by atoms with Crippen molar-refractivity contribution in [3.05, 3.63) is 26.7 Å². The lowest BCUT2D eigenvalue weighted by Crippen LogP contribution is -2.27. The molecule has 1 aromatic carbocycles. The zero-order valence-corrected chi connectivity index (χ0v) is 14.3. The highest BCUT2D eigenvalue weighted by molar-refractivity contribution is 9.10. The number of hydrogen-bond donors (Lipinski definition) is 2. The lowest BCUT2D eigenvalue weighted by Gasteiger charge is -2.12. The predicted molar refractivity (Wildman–Crippen MR) is 84.7 cm³/mol. The quantitative estimate of drug-likeness (QED) is 0.701. The van der Waals surface area contributed by atoms with E-state index in [2.05, 4.69) is 26.0 Å². The summed E-state index contributed by atoms with van der Waals surface area (Å²) in [5, 5.41) is 3.53. The number of nitrogens with one attached hydrogen (secondary N) is 2. The molecule has 1 aromatic rings. The summed E-state index contributed by atoms with van der Waals surface area (Å²) in [6.07, 6.45) is 0.956. The van der Waals surface area contributed by atoms with Crippen LogP contribution in [0.3, 0.4) is 0 Å². The van der Waals surface area contributed by atoms with Gasteiger partial charge in [-0.1, -0.05) is 46.1 Å². The van der Waals surface area contributed by atoms with Crippen LogP contribution >= 0.6 is 39.1 Å². The van der Waals surface area contributed by atoms with Gasteiger partial charge in [0.2, 0.25) is 10.0 Å². The van der Waals surface area contributed by atoms with Gasteiger partial charge in [0, 0.05) is 11.0 Å². The van der Waals surface area contributed by atoms with Gasteiger partial charge in [0.15, 0.2) is 0 Å². The summed E-state index contributed by atoms with van der Waals surface area (Å²) in [5.41, 5.74) is 0.210. The molecule has 0 amide bonds. The Morgan fingerprint density at radius 2 is 1.79 bits per heavy atom. The molecule has 19 heavy (non-hydrogen) atoms. The van der Waals surface area contributed by atoms with Crippen molar-refractivity contribution in [1.82, 2.24) is 5.32 Å². The van der Waals surface area contributed by atoms with Crippen LogP contribution in [0.15, 0.2) is 16.6 Å². The molecule has 0 atom stereocenters. The third-order valence-corrected chi connectivity index (χ3v) is 4.55. The molecule has 0 spiro atoms. The van der Waals surface area contributed by atoms with Crippen molar-refractivity contribution in [2.75, 3.05) is 23.6 Å². The first-order valence-corrected chi connectivity index (χ1v) is 8.91. The second-order valence-corrected chi connectivity index (χ2v) is 7.49. The summed E-state index contributed by atoms with van der Waals surface area (Å²) in [4.78, 5) is 0. The Morgan fingerprint density at radius 1 is 1.21 bits per heavy atom. The average Bonchev–Trinajstić information content (AvgIpc) is 2.29. The smallest absolute Gasteiger partial charge is 0.234 e. The zero-order chi connectivity index (χ0) is 14.5. The van der Waals surface area contributed by atoms with E-state index < -0.39 is 10.0 Å². The van der Waals surface area contributed by atoms with Gasteiger partial charge >= 0.3 is 0 Å². The van der Waals surface area contributed by atoms with Gasteiger partial charge in [0.1, 0.15) is 0 Å². The molecule has 2 N–H and O–H groups in total. The van der Waals surface area contributed by atoms with Gasteiger partial charge in [-0.05, 0) is 25.1 Å². The summed E-state index contributed by atoms with van der Waals surface area (Å²) < 4.78 is 26.8. The topological polar surface area (TPSA) is 58.2 Å². The molecule has 0 heterocycles. The number of benzene rings is 1. The molecule has 0 saturated heterocycles. The van der Waals surface area contributed by atoms with Crippen molar-refractivity contribution < 1.29 is 8.42 Å². The van der Waals surface area contributed by atoms with Crippen LogP contribution in [-0.2, 0) is 10.0 Å². The predicted octanol–water partition coefficient (Wildman–Crippen LogP) is 3.50. The number of hydrogen-bond acceptors (Lipinski definition) is 3. The monoisotopic (exact) mass is 388 g/mol. The van der Waals surface area contributed by atoms with Gasteiger partial charge in [-0.25, -0.2) is 8.42 Å². The van der Waals surface area contributed by atoms with Crippen LogP contribution in [0.2, 0.25) is 10.0 Å². The zero-order valence-electron chi connectivity index (χ0n) is 10.3. The van der Waals surface area contributed by atoms with E-state index in [0.717, 1.165) is 13.0 Å². The Balaban J connectivity index is 2.73. The molecule has 0 aliphatic rings. The van der Waals surface area contributed by atoms with E-state index in [0.29, 0.717) is 11.0 Å². The van der Waals surface area contributed by atoms with Crippen LogP contribution in [0, 0.1) is 0 Å². The Morgan fingerprint density at radius 3 is 2.32 bits per heavy atom. The van der Waals surface area contributed by atoms with Crippen LogP contribution in [0.1, 0.15) is 13.3 Å². The van der Waals surface area contributed by atoms with Crippen LogP contribution in [-0.4, -0.2) is 27.3 Å². The molecular weight excluding hydrogens is 375 g/mol. The minimum absolute atomic E-state index is 0.0320. The average molecular weight is 390 g/mol. The molecule has 108 valence electrons. The molecule has 0 bridgehead atoms. The van der Waals surface area contributed by atoms with Crippen molar-refractivity contribution in [1.29, 1.82) is 0 Å². The van der Waals surface area contributed by atoms with Crippen LogP contribution in [0.5, 0.6) is 0 Å². The Kier molecular flexibility index (Phi) is 6.90. The van der Waals surface area contributed by atoms with E-state index in [9.17, 15) is 8.42 Å². The van der Waals surface area contributed by atoms with E-state index in [4.69, 9.17) is 23.2 Å². The van der Waals surface area contributed by atoms with Crippen molar-refractivity contribution in [2.45, 2.75) is 13.3 Å². The summed E-state index contributed by atoms with van der Waals surface area (Å²) >= 11 is 15.2. The number of sulfonamides is 1. The van der Waals surface area contributed by atoms with Gasteiger partial charge in [0.25, 0.3) is 0 Å². The molecule has 0 fully saturated rings. The molecule has 0 unspecified atom stereocenters. The van der Waals surface area contributed by atoms with Crippen LogP contribution in [0.25, 0.3) is 0 Å². The highest BCUT2D eigenvalue weighted by Gasteiger charge is 2.15. The van der Waals surface area contributed by atoms with Crippen LogP contribution in [0.4, 0.5) is 5.69 Å². The SMILES string of the molecule is CCCNCCS(=O)(=O)Nc1c(Cl)cc(Br)cc1Cl. The molecule has 4 nitrogen and oxygen atoms in total. The standard InChI is InChI=1S/C11H15BrCl2N2O2S/c1-2-3-15-4-5-19(17,18)16-11-9(13)6-8(12)7-10(11)14/h6-7,15-16H,2-5H2,1H3. The van der Waals surface area contributed by atoms with E-state index in [1.54, 1.807) is 12.1 Å². The number of anilines is 1. The molecule has 0 aliphatic heterocycles. The molecule has 8 heteroatoms. The van der Waals surface area contributed by atoms with Gasteiger partial charge in [0.05, 0.1) is 21.5 Å². The molecule has 0 aliphatic carbocycles. The Bertz CT molecular complexity index is 514. The summed E-state index contributed by atoms with van der Waals surface area (Å²) in [7, 11) is -3.47. The summed E-state index contributed by atoms with van der Waals surface area (Å²) in [6, 6.07) is 3.17. The third-order valence-electron chi connectivity index (χ3n) is 2.24. The minimum atomic E-state index is -3.47. The summed E-state index contributed by atoms with van der Waals surface area (Å²) in [6.45, 7) is 3.19. The first-order chi connectivity index (χ1) is 8.85. The van der Waals surface area contributed by atoms with Crippen molar-refractivity contribution in [3.8, 4) is 0 Å². The van der Waals surface area contributed by atoms with E-state index >= 15 is 0 Å². The molecular formula is C11H15BrCl2N2O2S. The Hall–Kier alpha value is -0.0100. The fourth-order valence-electron chi connectivity index (χ4n) is 1.35. The largest absolute Gasteiger partial charge is 0.316 e. The Labute approximate surface area is 132 Å². The first-order valence-electron chi connectivity index (χ1n) is 5.71. The van der Waals surface area contributed by atoms with Crippen molar-refractivity contribution >= 4 is 54.8 Å². The molecule has 0 aromatic heterocycles. The van der Waals surface area contributed by atoms with Gasteiger partial charge < -0.3 is 5.32 Å². The number of rotatable bonds is 7. The van der Waals surface area contributed by atoms with Crippen molar-refractivity contribution in [2.24, 2.45) is 0 Å². The van der Waals surface area contributed by atoms with E-state index in [1.807, 2.05) is 6.92 Å². The molecule has 1 rings (SSSR count). The normalized spacial score (nSPS) is 11.6. The highest BCUT2D eigenvalue weighted by Crippen LogP contribution is 2.34. The highest BCUT2D eigenvalue weighted by atomic mass is 79.9. The maximum atomic E-state index is 11.9. The van der Waals surface area contributed by atoms with Crippen molar-refractivity contribution in [3.63, 3.8) is 0 Å². The van der Waals surface area contributed by atoms with E-state index in [1.165, 1.54) is 0 Å². The second kappa shape index (κ2) is 7.69. The maximum absolute atomic E-state index is 11.9. The lowest BCUT2D eigenvalue weighted by atomic mass is 10.3. The number of halogens is 3. The fraction of sp³-hybridized carbons (Fsp3) is 0.455. The van der Waals surface area contributed by atoms with Gasteiger partial charge in [-0.2, -0.15) is 0 Å². The lowest BCUT2D eigenvalue weighted by molar-refractivity contribution is 0.595. The fourth-order valence-corrected chi connectivity index (χ4v) is 3.82. The van der Waals surface area contributed by atoms with Crippen LogP contribution < -0.4 is 10.0 Å². The van der Waals surface area contributed by atoms with Gasteiger partial charge in [-0.15, -0.1) is 0 Å². The third kappa shape index (κ3) is 5.87. The molecule has 0 saturated carbocycles. The minimum Gasteiger partial charge on any atom is -0.316 e. The van der Waals surface area contributed by atoms with Gasteiger partial charge in [-0.3, -0.25) is 4.72 Å². The second-order valence-electron chi connectivity index (χ2n) is 3.92.